The Bertz CT molecular complexity index is 423. The van der Waals surface area contributed by atoms with E-state index in [1.807, 2.05) is 41.8 Å². The summed E-state index contributed by atoms with van der Waals surface area (Å²) < 4.78 is 0. The van der Waals surface area contributed by atoms with Gasteiger partial charge < -0.3 is 0 Å². The normalized spacial score (nSPS) is 14.5. The summed E-state index contributed by atoms with van der Waals surface area (Å²) in [5.74, 6) is 0. The highest BCUT2D eigenvalue weighted by molar-refractivity contribution is 6.30. The number of nitrogens with zero attached hydrogens (tertiary/aromatic N) is 2. The Morgan fingerprint density at radius 1 is 1.29 bits per heavy atom. The van der Waals surface area contributed by atoms with Crippen molar-refractivity contribution in [3.63, 3.8) is 0 Å². The van der Waals surface area contributed by atoms with Crippen molar-refractivity contribution in [1.29, 1.82) is 0 Å². The molecule has 1 aliphatic heterocycles. The van der Waals surface area contributed by atoms with Crippen LogP contribution in [0.3, 0.4) is 0 Å². The van der Waals surface area contributed by atoms with Crippen LogP contribution in [0.25, 0.3) is 5.70 Å². The average molecular weight is 250 g/mol. The van der Waals surface area contributed by atoms with Gasteiger partial charge in [-0.25, -0.2) is 4.99 Å². The molecule has 1 N–H and O–H groups in total. The zero-order valence-corrected chi connectivity index (χ0v) is 10.6. The molecule has 1 aromatic rings. The van der Waals surface area contributed by atoms with Crippen LogP contribution >= 0.6 is 11.6 Å². The Kier molecular flexibility index (Phi) is 4.04. The number of aliphatic imine (C=N–C) groups is 1. The Labute approximate surface area is 107 Å². The van der Waals surface area contributed by atoms with Crippen LogP contribution in [-0.4, -0.2) is 17.9 Å². The third-order valence-corrected chi connectivity index (χ3v) is 2.83. The molecule has 1 aliphatic rings. The molecule has 0 radical (unpaired) electrons. The summed E-state index contributed by atoms with van der Waals surface area (Å²) >= 11 is 5.87. The monoisotopic (exact) mass is 249 g/mol. The summed E-state index contributed by atoms with van der Waals surface area (Å²) in [7, 11) is 0. The Hall–Kier alpha value is -1.48. The molecule has 3 nitrogen and oxygen atoms in total. The van der Waals surface area contributed by atoms with Gasteiger partial charge in [0.15, 0.2) is 0 Å². The molecule has 0 fully saturated rings. The van der Waals surface area contributed by atoms with E-state index in [0.717, 1.165) is 29.2 Å². The molecule has 0 spiro atoms. The summed E-state index contributed by atoms with van der Waals surface area (Å²) in [6.07, 6.45) is 5.96. The molecule has 0 aliphatic carbocycles. The molecule has 2 rings (SSSR count). The van der Waals surface area contributed by atoms with Crippen LogP contribution in [0, 0.1) is 0 Å². The van der Waals surface area contributed by atoms with Crippen molar-refractivity contribution < 1.29 is 0 Å². The van der Waals surface area contributed by atoms with Crippen LogP contribution in [-0.2, 0) is 0 Å². The molecule has 0 saturated heterocycles. The maximum atomic E-state index is 5.87. The van der Waals surface area contributed by atoms with Gasteiger partial charge >= 0.3 is 0 Å². The molecule has 1 aromatic carbocycles. The first kappa shape index (κ1) is 12.0. The van der Waals surface area contributed by atoms with Crippen molar-refractivity contribution >= 4 is 23.6 Å². The van der Waals surface area contributed by atoms with Gasteiger partial charge in [0, 0.05) is 17.1 Å². The fourth-order valence-corrected chi connectivity index (χ4v) is 1.74. The minimum Gasteiger partial charge on any atom is -0.295 e. The van der Waals surface area contributed by atoms with Gasteiger partial charge in [-0.05, 0) is 18.6 Å². The highest BCUT2D eigenvalue weighted by atomic mass is 35.5. The van der Waals surface area contributed by atoms with Crippen LogP contribution < -0.4 is 5.43 Å². The number of rotatable bonds is 4. The number of halogens is 1. The highest BCUT2D eigenvalue weighted by Gasteiger charge is 2.08. The van der Waals surface area contributed by atoms with E-state index in [1.165, 1.54) is 6.42 Å². The molecular weight excluding hydrogens is 234 g/mol. The van der Waals surface area contributed by atoms with Crippen molar-refractivity contribution in [2.24, 2.45) is 4.99 Å². The van der Waals surface area contributed by atoms with Crippen molar-refractivity contribution in [2.75, 3.05) is 6.54 Å². The maximum absolute atomic E-state index is 5.87. The summed E-state index contributed by atoms with van der Waals surface area (Å²) in [4.78, 5) is 4.24. The molecular formula is C13H16ClN3. The third kappa shape index (κ3) is 3.24. The van der Waals surface area contributed by atoms with Crippen LogP contribution in [0.1, 0.15) is 25.3 Å². The Morgan fingerprint density at radius 2 is 2.06 bits per heavy atom. The predicted molar refractivity (Wildman–Crippen MR) is 72.7 cm³/mol. The second-order valence-electron chi connectivity index (χ2n) is 3.97. The molecule has 0 atom stereocenters. The van der Waals surface area contributed by atoms with Crippen molar-refractivity contribution in [3.05, 3.63) is 41.1 Å². The molecule has 90 valence electrons. The highest BCUT2D eigenvalue weighted by Crippen LogP contribution is 2.17. The first-order chi connectivity index (χ1) is 8.29. The number of hydrogen-bond acceptors (Lipinski definition) is 3. The lowest BCUT2D eigenvalue weighted by atomic mass is 10.2. The van der Waals surface area contributed by atoms with Gasteiger partial charge in [0.1, 0.15) is 6.34 Å². The lowest BCUT2D eigenvalue weighted by Crippen LogP contribution is -2.38. The Balaban J connectivity index is 2.05. The molecule has 4 heteroatoms. The zero-order chi connectivity index (χ0) is 12.1. The van der Waals surface area contributed by atoms with Gasteiger partial charge in [0.25, 0.3) is 0 Å². The maximum Gasteiger partial charge on any atom is 0.109 e. The summed E-state index contributed by atoms with van der Waals surface area (Å²) in [5, 5.41) is 2.75. The van der Waals surface area contributed by atoms with Crippen LogP contribution in [0.5, 0.6) is 0 Å². The molecule has 0 saturated carbocycles. The smallest absolute Gasteiger partial charge is 0.109 e. The largest absolute Gasteiger partial charge is 0.295 e. The fraction of sp³-hybridized carbons (Fsp3) is 0.308. The van der Waals surface area contributed by atoms with Crippen LogP contribution in [0.4, 0.5) is 0 Å². The number of hydrogen-bond donors (Lipinski definition) is 1. The van der Waals surface area contributed by atoms with Gasteiger partial charge in [0.05, 0.1) is 11.9 Å². The lowest BCUT2D eigenvalue weighted by Gasteiger charge is -2.25. The van der Waals surface area contributed by atoms with E-state index in [9.17, 15) is 0 Å². The minimum atomic E-state index is 0.747. The molecule has 17 heavy (non-hydrogen) atoms. The SMILES string of the molecule is CCCCN1C=NC=C(c2ccc(Cl)cc2)N1. The quantitative estimate of drug-likeness (QED) is 0.887. The third-order valence-electron chi connectivity index (χ3n) is 2.58. The number of benzene rings is 1. The first-order valence-electron chi connectivity index (χ1n) is 5.82. The average Bonchev–Trinajstić information content (AvgIpc) is 2.37. The van der Waals surface area contributed by atoms with Crippen LogP contribution in [0.2, 0.25) is 5.02 Å². The van der Waals surface area contributed by atoms with E-state index in [2.05, 4.69) is 17.3 Å². The van der Waals surface area contributed by atoms with Crippen molar-refractivity contribution in [1.82, 2.24) is 10.4 Å². The van der Waals surface area contributed by atoms with E-state index in [0.29, 0.717) is 0 Å². The van der Waals surface area contributed by atoms with Crippen molar-refractivity contribution in [3.8, 4) is 0 Å². The molecule has 0 bridgehead atoms. The van der Waals surface area contributed by atoms with Gasteiger partial charge in [-0.1, -0.05) is 37.1 Å². The molecule has 0 amide bonds. The minimum absolute atomic E-state index is 0.747. The summed E-state index contributed by atoms with van der Waals surface area (Å²) in [6.45, 7) is 3.14. The molecule has 0 unspecified atom stereocenters. The predicted octanol–water partition coefficient (Wildman–Crippen LogP) is 3.29. The van der Waals surface area contributed by atoms with Gasteiger partial charge in [-0.2, -0.15) is 0 Å². The van der Waals surface area contributed by atoms with E-state index in [1.54, 1.807) is 0 Å². The lowest BCUT2D eigenvalue weighted by molar-refractivity contribution is 0.366. The fourth-order valence-electron chi connectivity index (χ4n) is 1.61. The second-order valence-corrected chi connectivity index (χ2v) is 4.41. The molecule has 0 aromatic heterocycles. The summed E-state index contributed by atoms with van der Waals surface area (Å²) in [6, 6.07) is 7.74. The molecule has 1 heterocycles. The number of unbranched alkanes of at least 4 members (excludes halogenated alkanes) is 1. The van der Waals surface area contributed by atoms with Crippen LogP contribution in [0.15, 0.2) is 35.5 Å². The van der Waals surface area contributed by atoms with E-state index in [-0.39, 0.29) is 0 Å². The topological polar surface area (TPSA) is 27.6 Å². The van der Waals surface area contributed by atoms with Gasteiger partial charge in [-0.3, -0.25) is 10.4 Å². The van der Waals surface area contributed by atoms with E-state index >= 15 is 0 Å². The van der Waals surface area contributed by atoms with Gasteiger partial charge in [-0.15, -0.1) is 0 Å². The number of nitrogens with one attached hydrogen (secondary N) is 1. The zero-order valence-electron chi connectivity index (χ0n) is 9.86. The van der Waals surface area contributed by atoms with E-state index in [4.69, 9.17) is 11.6 Å². The number of hydrazine groups is 1. The first-order valence-corrected chi connectivity index (χ1v) is 6.20. The second kappa shape index (κ2) is 5.73. The van der Waals surface area contributed by atoms with Gasteiger partial charge in [0.2, 0.25) is 0 Å². The van der Waals surface area contributed by atoms with Crippen molar-refractivity contribution in [2.45, 2.75) is 19.8 Å². The standard InChI is InChI=1S/C13H16ClN3/c1-2-3-8-17-10-15-9-13(16-17)11-4-6-12(14)7-5-11/h4-7,9-10,16H,2-3,8H2,1H3. The van der Waals surface area contributed by atoms with E-state index < -0.39 is 0 Å². The Morgan fingerprint density at radius 3 is 2.76 bits per heavy atom. The summed E-state index contributed by atoms with van der Waals surface area (Å²) in [5.41, 5.74) is 5.42.